The Balaban J connectivity index is 2.12. The summed E-state index contributed by atoms with van der Waals surface area (Å²) in [5.74, 6) is 0.552. The summed E-state index contributed by atoms with van der Waals surface area (Å²) in [6.07, 6.45) is 9.36. The Kier molecular flexibility index (Phi) is 6.28. The number of aromatic nitrogens is 2. The van der Waals surface area contributed by atoms with Gasteiger partial charge < -0.3 is 5.32 Å². The van der Waals surface area contributed by atoms with Crippen molar-refractivity contribution in [1.29, 1.82) is 0 Å². The van der Waals surface area contributed by atoms with E-state index in [2.05, 4.69) is 37.7 Å². The lowest BCUT2D eigenvalue weighted by Gasteiger charge is -2.18. The van der Waals surface area contributed by atoms with E-state index in [0.29, 0.717) is 12.0 Å². The Morgan fingerprint density at radius 2 is 1.86 bits per heavy atom. The van der Waals surface area contributed by atoms with Gasteiger partial charge in [0.1, 0.15) is 0 Å². The molecule has 3 heteroatoms. The highest BCUT2D eigenvalue weighted by Crippen LogP contribution is 2.31. The normalized spacial score (nSPS) is 18.7. The fourth-order valence-electron chi connectivity index (χ4n) is 3.84. The molecule has 1 N–H and O–H groups in total. The average molecular weight is 291 g/mol. The lowest BCUT2D eigenvalue weighted by molar-refractivity contribution is 0.396. The third-order valence-electron chi connectivity index (χ3n) is 4.92. The number of hydrogen-bond donors (Lipinski definition) is 1. The molecule has 0 saturated heterocycles. The van der Waals surface area contributed by atoms with E-state index in [1.165, 1.54) is 61.9 Å². The largest absolute Gasteiger partial charge is 0.316 e. The number of aryl methyl sites for hydroxylation is 1. The minimum Gasteiger partial charge on any atom is -0.316 e. The van der Waals surface area contributed by atoms with Gasteiger partial charge in [-0.25, -0.2) is 0 Å². The van der Waals surface area contributed by atoms with Crippen LogP contribution < -0.4 is 5.32 Å². The van der Waals surface area contributed by atoms with Gasteiger partial charge in [-0.1, -0.05) is 39.5 Å². The molecule has 1 aromatic heterocycles. The van der Waals surface area contributed by atoms with Crippen molar-refractivity contribution in [1.82, 2.24) is 15.1 Å². The van der Waals surface area contributed by atoms with Crippen molar-refractivity contribution in [2.24, 2.45) is 0 Å². The first-order valence-corrected chi connectivity index (χ1v) is 8.91. The molecular weight excluding hydrogens is 258 g/mol. The van der Waals surface area contributed by atoms with Crippen molar-refractivity contribution in [3.05, 3.63) is 17.0 Å². The van der Waals surface area contributed by atoms with E-state index in [1.54, 1.807) is 0 Å². The van der Waals surface area contributed by atoms with E-state index >= 15 is 0 Å². The highest BCUT2D eigenvalue weighted by Gasteiger charge is 2.22. The van der Waals surface area contributed by atoms with E-state index in [-0.39, 0.29) is 0 Å². The lowest BCUT2D eigenvalue weighted by atomic mass is 9.98. The van der Waals surface area contributed by atoms with Crippen LogP contribution in [0.3, 0.4) is 0 Å². The predicted molar refractivity (Wildman–Crippen MR) is 90.0 cm³/mol. The van der Waals surface area contributed by atoms with Gasteiger partial charge in [0.25, 0.3) is 0 Å². The first kappa shape index (κ1) is 16.5. The van der Waals surface area contributed by atoms with Gasteiger partial charge in [0.2, 0.25) is 0 Å². The van der Waals surface area contributed by atoms with Gasteiger partial charge in [0.15, 0.2) is 0 Å². The van der Waals surface area contributed by atoms with Crippen molar-refractivity contribution in [3.63, 3.8) is 0 Å². The van der Waals surface area contributed by atoms with E-state index < -0.39 is 0 Å². The fourth-order valence-corrected chi connectivity index (χ4v) is 3.84. The second-order valence-electron chi connectivity index (χ2n) is 6.78. The molecule has 1 aromatic rings. The van der Waals surface area contributed by atoms with Crippen LogP contribution in [-0.4, -0.2) is 22.9 Å². The van der Waals surface area contributed by atoms with Gasteiger partial charge in [-0.05, 0) is 45.6 Å². The zero-order valence-corrected chi connectivity index (χ0v) is 14.4. The monoisotopic (exact) mass is 291 g/mol. The molecule has 2 rings (SSSR count). The van der Waals surface area contributed by atoms with Gasteiger partial charge in [-0.2, -0.15) is 5.10 Å². The average Bonchev–Trinajstić information content (AvgIpc) is 2.66. The molecule has 1 unspecified atom stereocenters. The van der Waals surface area contributed by atoms with Crippen LogP contribution in [-0.2, 0) is 0 Å². The molecule has 0 spiro atoms. The van der Waals surface area contributed by atoms with E-state index in [9.17, 15) is 0 Å². The zero-order valence-electron chi connectivity index (χ0n) is 14.4. The summed E-state index contributed by atoms with van der Waals surface area (Å²) in [5.41, 5.74) is 4.12. The Morgan fingerprint density at radius 3 is 2.48 bits per heavy atom. The van der Waals surface area contributed by atoms with Crippen LogP contribution in [0.1, 0.15) is 87.7 Å². The fraction of sp³-hybridized carbons (Fsp3) is 0.833. The molecular formula is C18H33N3. The lowest BCUT2D eigenvalue weighted by Crippen LogP contribution is -2.21. The van der Waals surface area contributed by atoms with E-state index in [0.717, 1.165) is 13.1 Å². The molecule has 0 aromatic carbocycles. The van der Waals surface area contributed by atoms with Crippen LogP contribution in [0.15, 0.2) is 0 Å². The maximum atomic E-state index is 4.91. The van der Waals surface area contributed by atoms with E-state index in [1.807, 2.05) is 0 Å². The highest BCUT2D eigenvalue weighted by molar-refractivity contribution is 5.29. The SMILES string of the molecule is CCCNCC(C)c1c(C)nn(C2CCCCCC2)c1C. The van der Waals surface area contributed by atoms with Crippen LogP contribution >= 0.6 is 0 Å². The predicted octanol–water partition coefficient (Wildman–Crippen LogP) is 4.50. The molecule has 1 saturated carbocycles. The summed E-state index contributed by atoms with van der Waals surface area (Å²) in [4.78, 5) is 0. The van der Waals surface area contributed by atoms with Crippen molar-refractivity contribution in [2.75, 3.05) is 13.1 Å². The van der Waals surface area contributed by atoms with Crippen molar-refractivity contribution in [2.45, 2.75) is 84.6 Å². The van der Waals surface area contributed by atoms with Crippen molar-refractivity contribution < 1.29 is 0 Å². The quantitative estimate of drug-likeness (QED) is 0.618. The molecule has 21 heavy (non-hydrogen) atoms. The molecule has 0 aliphatic heterocycles. The Labute approximate surface area is 130 Å². The molecule has 120 valence electrons. The van der Waals surface area contributed by atoms with Crippen LogP contribution in [0.2, 0.25) is 0 Å². The second-order valence-corrected chi connectivity index (χ2v) is 6.78. The third-order valence-corrected chi connectivity index (χ3v) is 4.92. The van der Waals surface area contributed by atoms with Crippen LogP contribution in [0.25, 0.3) is 0 Å². The van der Waals surface area contributed by atoms with Gasteiger partial charge in [-0.15, -0.1) is 0 Å². The smallest absolute Gasteiger partial charge is 0.0631 e. The van der Waals surface area contributed by atoms with Crippen molar-refractivity contribution in [3.8, 4) is 0 Å². The maximum absolute atomic E-state index is 4.91. The molecule has 1 heterocycles. The first-order chi connectivity index (χ1) is 10.1. The molecule has 3 nitrogen and oxygen atoms in total. The number of rotatable bonds is 6. The Bertz CT molecular complexity index is 428. The standard InChI is InChI=1S/C18H33N3/c1-5-12-19-13-14(2)18-15(3)20-21(16(18)4)17-10-8-6-7-9-11-17/h14,17,19H,5-13H2,1-4H3. The number of nitrogens with zero attached hydrogens (tertiary/aromatic N) is 2. The topological polar surface area (TPSA) is 29.9 Å². The summed E-state index contributed by atoms with van der Waals surface area (Å²) in [6, 6.07) is 0.635. The summed E-state index contributed by atoms with van der Waals surface area (Å²) in [5, 5.41) is 8.46. The van der Waals surface area contributed by atoms with Gasteiger partial charge in [-0.3, -0.25) is 4.68 Å². The van der Waals surface area contributed by atoms with Crippen molar-refractivity contribution >= 4 is 0 Å². The molecule has 0 radical (unpaired) electrons. The first-order valence-electron chi connectivity index (χ1n) is 8.91. The number of nitrogens with one attached hydrogen (secondary N) is 1. The minimum absolute atomic E-state index is 0.552. The Hall–Kier alpha value is -0.830. The van der Waals surface area contributed by atoms with Crippen LogP contribution in [0, 0.1) is 13.8 Å². The minimum atomic E-state index is 0.552. The summed E-state index contributed by atoms with van der Waals surface area (Å²) in [7, 11) is 0. The molecule has 0 amide bonds. The summed E-state index contributed by atoms with van der Waals surface area (Å²) < 4.78 is 2.35. The second kappa shape index (κ2) is 7.98. The highest BCUT2D eigenvalue weighted by atomic mass is 15.3. The van der Waals surface area contributed by atoms with Crippen LogP contribution in [0.4, 0.5) is 0 Å². The number of hydrogen-bond acceptors (Lipinski definition) is 2. The van der Waals surface area contributed by atoms with Gasteiger partial charge >= 0.3 is 0 Å². The van der Waals surface area contributed by atoms with Gasteiger partial charge in [0, 0.05) is 17.8 Å². The molecule has 1 aliphatic carbocycles. The molecule has 1 aliphatic rings. The Morgan fingerprint density at radius 1 is 1.19 bits per heavy atom. The summed E-state index contributed by atoms with van der Waals surface area (Å²) >= 11 is 0. The van der Waals surface area contributed by atoms with Gasteiger partial charge in [0.05, 0.1) is 11.7 Å². The van der Waals surface area contributed by atoms with Crippen LogP contribution in [0.5, 0.6) is 0 Å². The van der Waals surface area contributed by atoms with E-state index in [4.69, 9.17) is 5.10 Å². The maximum Gasteiger partial charge on any atom is 0.0631 e. The third kappa shape index (κ3) is 4.09. The summed E-state index contributed by atoms with van der Waals surface area (Å²) in [6.45, 7) is 11.2. The molecule has 1 fully saturated rings. The molecule has 0 bridgehead atoms. The zero-order chi connectivity index (χ0) is 15.2. The molecule has 1 atom stereocenters.